The number of ether oxygens (including phenoxy) is 2. The number of nitrogens with zero attached hydrogens (tertiary/aromatic N) is 1. The Morgan fingerprint density at radius 2 is 1.24 bits per heavy atom. The Morgan fingerprint density at radius 3 is 1.86 bits per heavy atom. The van der Waals surface area contributed by atoms with E-state index < -0.39 is 10.3 Å². The van der Waals surface area contributed by atoms with Crippen LogP contribution >= 0.6 is 10.3 Å². The average molecular weight is 516 g/mol. The standard InChI is InChI=1S/C31H33NO4S/c1-31(2,3)37(6,7)36-22-11-9-21(10-12-22)32-29-25-16-13-23(34-4)18-20(25)8-15-27(29)26-17-14-24(35-5)19-28(26)30(32)33/h8-19H,1-7H3. The lowest BCUT2D eigenvalue weighted by molar-refractivity contribution is 0.415. The smallest absolute Gasteiger partial charge is 0.263 e. The van der Waals surface area contributed by atoms with Gasteiger partial charge in [-0.15, -0.1) is 0 Å². The first kappa shape index (κ1) is 25.0. The van der Waals surface area contributed by atoms with Gasteiger partial charge in [-0.05, 0) is 105 Å². The maximum atomic E-state index is 14.1. The highest BCUT2D eigenvalue weighted by Crippen LogP contribution is 2.53. The molecule has 0 amide bonds. The zero-order valence-electron chi connectivity index (χ0n) is 22.4. The molecule has 37 heavy (non-hydrogen) atoms. The molecule has 0 fully saturated rings. The minimum atomic E-state index is -1.34. The maximum absolute atomic E-state index is 14.1. The van der Waals surface area contributed by atoms with Gasteiger partial charge >= 0.3 is 0 Å². The first-order valence-corrected chi connectivity index (χ1v) is 14.6. The first-order valence-electron chi connectivity index (χ1n) is 12.2. The molecule has 0 saturated heterocycles. The number of benzene rings is 4. The van der Waals surface area contributed by atoms with Gasteiger partial charge in [0.15, 0.2) is 0 Å². The first-order chi connectivity index (χ1) is 17.5. The third-order valence-corrected chi connectivity index (χ3v) is 10.8. The Labute approximate surface area is 219 Å². The zero-order chi connectivity index (χ0) is 26.5. The second-order valence-electron chi connectivity index (χ2n) is 10.5. The number of aromatic nitrogens is 1. The number of pyridine rings is 1. The molecule has 0 saturated carbocycles. The lowest BCUT2D eigenvalue weighted by atomic mass is 10.00. The summed E-state index contributed by atoms with van der Waals surface area (Å²) in [5.41, 5.74) is 1.54. The van der Waals surface area contributed by atoms with Gasteiger partial charge in [0.25, 0.3) is 5.56 Å². The van der Waals surface area contributed by atoms with E-state index in [9.17, 15) is 4.79 Å². The molecule has 0 aliphatic carbocycles. The predicted molar refractivity (Wildman–Crippen MR) is 157 cm³/mol. The fourth-order valence-corrected chi connectivity index (χ4v) is 5.27. The van der Waals surface area contributed by atoms with E-state index >= 15 is 0 Å². The van der Waals surface area contributed by atoms with Crippen molar-refractivity contribution in [2.75, 3.05) is 26.7 Å². The summed E-state index contributed by atoms with van der Waals surface area (Å²) in [6, 6.07) is 23.6. The van der Waals surface area contributed by atoms with Crippen LogP contribution in [0.2, 0.25) is 0 Å². The molecule has 5 nitrogen and oxygen atoms in total. The Morgan fingerprint density at radius 1 is 0.676 bits per heavy atom. The van der Waals surface area contributed by atoms with Gasteiger partial charge in [-0.1, -0.05) is 22.4 Å². The quantitative estimate of drug-likeness (QED) is 0.228. The van der Waals surface area contributed by atoms with Gasteiger partial charge in [0.05, 0.1) is 25.1 Å². The normalized spacial score (nSPS) is 12.7. The molecule has 192 valence electrons. The summed E-state index contributed by atoms with van der Waals surface area (Å²) in [7, 11) is 1.93. The van der Waals surface area contributed by atoms with Gasteiger partial charge in [0, 0.05) is 21.2 Å². The Hall–Kier alpha value is -3.64. The van der Waals surface area contributed by atoms with Crippen LogP contribution in [-0.2, 0) is 0 Å². The molecule has 4 aromatic carbocycles. The third kappa shape index (κ3) is 4.29. The number of rotatable bonds is 5. The number of methoxy groups -OCH3 is 2. The second kappa shape index (κ2) is 9.03. The van der Waals surface area contributed by atoms with Crippen LogP contribution in [0.15, 0.2) is 77.6 Å². The number of hydrogen-bond acceptors (Lipinski definition) is 4. The van der Waals surface area contributed by atoms with Crippen LogP contribution in [0.5, 0.6) is 17.2 Å². The van der Waals surface area contributed by atoms with Crippen molar-refractivity contribution in [2.45, 2.75) is 25.5 Å². The largest absolute Gasteiger partial charge is 0.497 e. The highest BCUT2D eigenvalue weighted by Gasteiger charge is 2.30. The van der Waals surface area contributed by atoms with Crippen molar-refractivity contribution in [3.63, 3.8) is 0 Å². The molecule has 0 aliphatic rings. The Kier molecular flexibility index (Phi) is 6.11. The van der Waals surface area contributed by atoms with Gasteiger partial charge < -0.3 is 13.7 Å². The summed E-state index contributed by atoms with van der Waals surface area (Å²) in [6.45, 7) is 6.60. The molecule has 5 aromatic rings. The molecule has 5 rings (SSSR count). The molecule has 0 bridgehead atoms. The summed E-state index contributed by atoms with van der Waals surface area (Å²) in [4.78, 5) is 14.1. The zero-order valence-corrected chi connectivity index (χ0v) is 23.2. The van der Waals surface area contributed by atoms with Gasteiger partial charge in [-0.25, -0.2) is 0 Å². The monoisotopic (exact) mass is 515 g/mol. The molecule has 0 N–H and O–H groups in total. The fraction of sp³-hybridized carbons (Fsp3) is 0.258. The van der Waals surface area contributed by atoms with Crippen molar-refractivity contribution in [3.05, 3.63) is 83.2 Å². The minimum Gasteiger partial charge on any atom is -0.497 e. The molecule has 0 unspecified atom stereocenters. The van der Waals surface area contributed by atoms with Crippen molar-refractivity contribution >= 4 is 42.8 Å². The van der Waals surface area contributed by atoms with Crippen LogP contribution in [0.4, 0.5) is 0 Å². The molecule has 1 aromatic heterocycles. The molecular weight excluding hydrogens is 482 g/mol. The van der Waals surface area contributed by atoms with E-state index in [1.54, 1.807) is 18.8 Å². The van der Waals surface area contributed by atoms with Crippen molar-refractivity contribution in [2.24, 2.45) is 0 Å². The average Bonchev–Trinajstić information content (AvgIpc) is 2.88. The van der Waals surface area contributed by atoms with Crippen LogP contribution in [0.1, 0.15) is 20.8 Å². The highest BCUT2D eigenvalue weighted by molar-refractivity contribution is 8.30. The molecule has 6 heteroatoms. The lowest BCUT2D eigenvalue weighted by Crippen LogP contribution is -2.27. The maximum Gasteiger partial charge on any atom is 0.263 e. The molecular formula is C31H33NO4S. The van der Waals surface area contributed by atoms with E-state index in [0.717, 1.165) is 44.2 Å². The van der Waals surface area contributed by atoms with E-state index in [-0.39, 0.29) is 10.3 Å². The van der Waals surface area contributed by atoms with E-state index in [4.69, 9.17) is 13.7 Å². The number of hydrogen-bond donors (Lipinski definition) is 0. The van der Waals surface area contributed by atoms with Crippen molar-refractivity contribution < 1.29 is 13.7 Å². The van der Waals surface area contributed by atoms with Crippen LogP contribution in [0.25, 0.3) is 38.1 Å². The van der Waals surface area contributed by atoms with Crippen molar-refractivity contribution in [1.29, 1.82) is 0 Å². The minimum absolute atomic E-state index is 0.0379. The molecule has 0 aliphatic heterocycles. The summed E-state index contributed by atoms with van der Waals surface area (Å²) >= 11 is 0. The van der Waals surface area contributed by atoms with Crippen LogP contribution in [0.3, 0.4) is 0 Å². The molecule has 1 heterocycles. The lowest BCUT2D eigenvalue weighted by Gasteiger charge is -2.43. The van der Waals surface area contributed by atoms with Crippen LogP contribution in [0, 0.1) is 0 Å². The summed E-state index contributed by atoms with van der Waals surface area (Å²) in [5.74, 6) is 2.22. The van der Waals surface area contributed by atoms with E-state index in [1.807, 2.05) is 60.7 Å². The van der Waals surface area contributed by atoms with Gasteiger partial charge in [0.2, 0.25) is 0 Å². The SMILES string of the molecule is COc1ccc2c(ccc3c4ccc(OC)cc4c(=O)n(-c4ccc(OS(C)(C)C(C)(C)C)cc4)c23)c1. The Balaban J connectivity index is 1.79. The van der Waals surface area contributed by atoms with Crippen LogP contribution < -0.4 is 19.2 Å². The van der Waals surface area contributed by atoms with Gasteiger partial charge in [-0.2, -0.15) is 0 Å². The second-order valence-corrected chi connectivity index (χ2v) is 14.4. The third-order valence-electron chi connectivity index (χ3n) is 7.25. The summed E-state index contributed by atoms with van der Waals surface area (Å²) < 4.78 is 19.2. The van der Waals surface area contributed by atoms with Gasteiger partial charge in [0.1, 0.15) is 17.2 Å². The Bertz CT molecular complexity index is 1700. The predicted octanol–water partition coefficient (Wildman–Crippen LogP) is 7.47. The molecule has 0 atom stereocenters. The molecule has 0 spiro atoms. The molecule has 0 radical (unpaired) electrons. The van der Waals surface area contributed by atoms with Crippen molar-refractivity contribution in [1.82, 2.24) is 4.57 Å². The highest BCUT2D eigenvalue weighted by atomic mass is 32.3. The summed E-state index contributed by atoms with van der Waals surface area (Å²) in [6.07, 6.45) is 4.35. The van der Waals surface area contributed by atoms with Crippen LogP contribution in [-0.4, -0.2) is 36.0 Å². The summed E-state index contributed by atoms with van der Waals surface area (Å²) in [5, 5.41) is 4.48. The van der Waals surface area contributed by atoms with E-state index in [2.05, 4.69) is 45.4 Å². The topological polar surface area (TPSA) is 49.7 Å². The van der Waals surface area contributed by atoms with Crippen molar-refractivity contribution in [3.8, 4) is 22.9 Å². The number of fused-ring (bicyclic) bond motifs is 5. The van der Waals surface area contributed by atoms with E-state index in [1.165, 1.54) is 0 Å². The van der Waals surface area contributed by atoms with E-state index in [0.29, 0.717) is 11.1 Å². The van der Waals surface area contributed by atoms with Gasteiger partial charge in [-0.3, -0.25) is 9.36 Å². The fourth-order valence-electron chi connectivity index (χ4n) is 4.42.